The highest BCUT2D eigenvalue weighted by Gasteiger charge is 2.35. The van der Waals surface area contributed by atoms with Crippen molar-refractivity contribution in [3.63, 3.8) is 0 Å². The van der Waals surface area contributed by atoms with Gasteiger partial charge in [0.05, 0.1) is 18.2 Å². The molecule has 1 heterocycles. The Morgan fingerprint density at radius 1 is 1.36 bits per heavy atom. The third-order valence-corrected chi connectivity index (χ3v) is 3.03. The van der Waals surface area contributed by atoms with Crippen molar-refractivity contribution in [1.29, 1.82) is 0 Å². The number of rotatable bonds is 4. The standard InChI is InChI=1S/C13H11F3N2O3S/c1-20-12(19)8-3-2-4-10(13(14,15)16)9(8)7-21-11-5-6-18(22)17-11/h2-6,22H,7H2,1H3. The third-order valence-electron chi connectivity index (χ3n) is 2.80. The second-order valence-corrected chi connectivity index (χ2v) is 4.59. The molecule has 0 aliphatic carbocycles. The maximum atomic E-state index is 13.1. The van der Waals surface area contributed by atoms with Crippen molar-refractivity contribution in [2.45, 2.75) is 12.8 Å². The minimum absolute atomic E-state index is 0.0859. The Kier molecular flexibility index (Phi) is 4.65. The molecule has 1 aromatic heterocycles. The summed E-state index contributed by atoms with van der Waals surface area (Å²) >= 11 is 3.89. The number of ether oxygens (including phenoxy) is 2. The van der Waals surface area contributed by atoms with Gasteiger partial charge in [-0.1, -0.05) is 6.07 Å². The molecule has 22 heavy (non-hydrogen) atoms. The Hall–Kier alpha value is -2.16. The summed E-state index contributed by atoms with van der Waals surface area (Å²) in [5.74, 6) is -0.785. The van der Waals surface area contributed by atoms with Crippen LogP contribution in [0.1, 0.15) is 21.5 Å². The van der Waals surface area contributed by atoms with E-state index in [-0.39, 0.29) is 17.0 Å². The lowest BCUT2D eigenvalue weighted by Gasteiger charge is -2.15. The topological polar surface area (TPSA) is 53.4 Å². The van der Waals surface area contributed by atoms with E-state index in [1.165, 1.54) is 18.3 Å². The van der Waals surface area contributed by atoms with Gasteiger partial charge in [-0.3, -0.25) is 0 Å². The van der Waals surface area contributed by atoms with Crippen molar-refractivity contribution < 1.29 is 27.4 Å². The van der Waals surface area contributed by atoms with E-state index in [2.05, 4.69) is 22.7 Å². The molecule has 0 spiro atoms. The monoisotopic (exact) mass is 332 g/mol. The summed E-state index contributed by atoms with van der Waals surface area (Å²) in [4.78, 5) is 11.7. The van der Waals surface area contributed by atoms with Crippen molar-refractivity contribution in [2.24, 2.45) is 0 Å². The van der Waals surface area contributed by atoms with Crippen molar-refractivity contribution in [3.8, 4) is 5.88 Å². The molecule has 118 valence electrons. The number of halogens is 3. The molecule has 0 N–H and O–H groups in total. The van der Waals surface area contributed by atoms with Gasteiger partial charge in [0.2, 0.25) is 5.88 Å². The summed E-state index contributed by atoms with van der Waals surface area (Å²) in [6.07, 6.45) is -3.17. The molecule has 0 saturated carbocycles. The average molecular weight is 332 g/mol. The van der Waals surface area contributed by atoms with Crippen molar-refractivity contribution in [3.05, 3.63) is 47.2 Å². The lowest BCUT2D eigenvalue weighted by molar-refractivity contribution is -0.138. The van der Waals surface area contributed by atoms with Crippen LogP contribution in [0.5, 0.6) is 5.88 Å². The van der Waals surface area contributed by atoms with Crippen LogP contribution in [-0.4, -0.2) is 22.3 Å². The first-order valence-corrected chi connectivity index (χ1v) is 6.38. The second-order valence-electron chi connectivity index (χ2n) is 4.18. The van der Waals surface area contributed by atoms with E-state index in [4.69, 9.17) is 4.74 Å². The summed E-state index contributed by atoms with van der Waals surface area (Å²) in [6, 6.07) is 4.70. The molecule has 0 amide bonds. The first-order valence-electron chi connectivity index (χ1n) is 5.98. The van der Waals surface area contributed by atoms with Gasteiger partial charge in [0, 0.05) is 17.8 Å². The number of aromatic nitrogens is 2. The van der Waals surface area contributed by atoms with Crippen LogP contribution in [0.4, 0.5) is 13.2 Å². The number of alkyl halides is 3. The third kappa shape index (κ3) is 3.53. The first kappa shape index (κ1) is 16.2. The summed E-state index contributed by atoms with van der Waals surface area (Å²) in [5, 5.41) is 3.77. The number of hydrogen-bond donors (Lipinski definition) is 1. The average Bonchev–Trinajstić information content (AvgIpc) is 2.88. The summed E-state index contributed by atoms with van der Waals surface area (Å²) in [7, 11) is 1.09. The highest BCUT2D eigenvalue weighted by atomic mass is 32.1. The molecule has 0 fully saturated rings. The van der Waals surface area contributed by atoms with E-state index in [1.807, 2.05) is 0 Å². The van der Waals surface area contributed by atoms with Crippen LogP contribution in [0.25, 0.3) is 0 Å². The number of carbonyl (C=O) groups excluding carboxylic acids is 1. The molecule has 2 aromatic rings. The van der Waals surface area contributed by atoms with Gasteiger partial charge in [-0.25, -0.2) is 8.88 Å². The van der Waals surface area contributed by atoms with Gasteiger partial charge >= 0.3 is 12.1 Å². The van der Waals surface area contributed by atoms with Gasteiger partial charge in [0.15, 0.2) is 0 Å². The molecule has 0 saturated heterocycles. The van der Waals surface area contributed by atoms with Crippen LogP contribution >= 0.6 is 12.8 Å². The van der Waals surface area contributed by atoms with Gasteiger partial charge in [-0.05, 0) is 24.9 Å². The quantitative estimate of drug-likeness (QED) is 0.691. The molecule has 0 atom stereocenters. The Balaban J connectivity index is 2.38. The first-order chi connectivity index (χ1) is 10.3. The highest BCUT2D eigenvalue weighted by Crippen LogP contribution is 2.34. The molecular formula is C13H11F3N2O3S. The Labute approximate surface area is 129 Å². The van der Waals surface area contributed by atoms with Crippen molar-refractivity contribution >= 4 is 18.8 Å². The van der Waals surface area contributed by atoms with E-state index in [0.29, 0.717) is 0 Å². The normalized spacial score (nSPS) is 11.3. The minimum Gasteiger partial charge on any atom is -0.472 e. The Bertz CT molecular complexity index is 685. The predicted molar refractivity (Wildman–Crippen MR) is 73.7 cm³/mol. The number of nitrogens with zero attached hydrogens (tertiary/aromatic N) is 2. The molecular weight excluding hydrogens is 321 g/mol. The van der Waals surface area contributed by atoms with E-state index in [1.54, 1.807) is 0 Å². The van der Waals surface area contributed by atoms with Crippen molar-refractivity contribution in [2.75, 3.05) is 7.11 Å². The molecule has 5 nitrogen and oxygen atoms in total. The fourth-order valence-corrected chi connectivity index (χ4v) is 1.99. The molecule has 2 rings (SSSR count). The highest BCUT2D eigenvalue weighted by molar-refractivity contribution is 7.78. The minimum atomic E-state index is -4.62. The zero-order valence-electron chi connectivity index (χ0n) is 11.3. The molecule has 9 heteroatoms. The van der Waals surface area contributed by atoms with Gasteiger partial charge in [-0.2, -0.15) is 13.2 Å². The van der Waals surface area contributed by atoms with Gasteiger partial charge in [0.25, 0.3) is 0 Å². The Morgan fingerprint density at radius 3 is 2.64 bits per heavy atom. The number of carbonyl (C=O) groups is 1. The lowest BCUT2D eigenvalue weighted by atomic mass is 10.0. The van der Waals surface area contributed by atoms with Gasteiger partial charge < -0.3 is 9.47 Å². The SMILES string of the molecule is COC(=O)c1cccc(C(F)(F)F)c1COc1ccn(S)n1. The summed E-state index contributed by atoms with van der Waals surface area (Å²) < 4.78 is 50.1. The number of hydrogen-bond acceptors (Lipinski definition) is 5. The van der Waals surface area contributed by atoms with E-state index in [9.17, 15) is 18.0 Å². The van der Waals surface area contributed by atoms with Gasteiger partial charge in [-0.15, -0.1) is 5.10 Å². The van der Waals surface area contributed by atoms with E-state index in [0.717, 1.165) is 23.3 Å². The number of methoxy groups -OCH3 is 1. The van der Waals surface area contributed by atoms with Crippen molar-refractivity contribution in [1.82, 2.24) is 9.19 Å². The fraction of sp³-hybridized carbons (Fsp3) is 0.231. The molecule has 0 aliphatic heterocycles. The van der Waals surface area contributed by atoms with Crippen LogP contribution in [0, 0.1) is 0 Å². The number of benzene rings is 1. The number of esters is 1. The smallest absolute Gasteiger partial charge is 0.416 e. The fourth-order valence-electron chi connectivity index (χ4n) is 1.83. The van der Waals surface area contributed by atoms with Crippen LogP contribution in [0.15, 0.2) is 30.5 Å². The Morgan fingerprint density at radius 2 is 2.09 bits per heavy atom. The molecule has 1 aromatic carbocycles. The van der Waals surface area contributed by atoms with Crippen LogP contribution in [0.2, 0.25) is 0 Å². The lowest BCUT2D eigenvalue weighted by Crippen LogP contribution is -2.16. The molecule has 0 aliphatic rings. The second kappa shape index (κ2) is 6.30. The number of thiol groups is 1. The zero-order valence-corrected chi connectivity index (χ0v) is 12.2. The van der Waals surface area contributed by atoms with Crippen LogP contribution in [0.3, 0.4) is 0 Å². The molecule has 0 radical (unpaired) electrons. The molecule has 0 bridgehead atoms. The maximum absolute atomic E-state index is 13.1. The van der Waals surface area contributed by atoms with E-state index < -0.39 is 24.3 Å². The van der Waals surface area contributed by atoms with Gasteiger partial charge in [0.1, 0.15) is 6.61 Å². The van der Waals surface area contributed by atoms with E-state index >= 15 is 0 Å². The maximum Gasteiger partial charge on any atom is 0.416 e. The van der Waals surface area contributed by atoms with Crippen LogP contribution < -0.4 is 4.74 Å². The summed E-state index contributed by atoms with van der Waals surface area (Å²) in [6.45, 7) is -0.481. The summed E-state index contributed by atoms with van der Waals surface area (Å²) in [5.41, 5.74) is -1.47. The van der Waals surface area contributed by atoms with Crippen LogP contribution in [-0.2, 0) is 17.5 Å². The largest absolute Gasteiger partial charge is 0.472 e. The zero-order chi connectivity index (χ0) is 16.3. The predicted octanol–water partition coefficient (Wildman–Crippen LogP) is 2.96. The molecule has 0 unspecified atom stereocenters.